The summed E-state index contributed by atoms with van der Waals surface area (Å²) in [5.41, 5.74) is 2.98. The molecule has 0 atom stereocenters. The minimum atomic E-state index is -0.368. The number of aryl methyl sites for hydroxylation is 1. The van der Waals surface area contributed by atoms with Crippen molar-refractivity contribution in [2.45, 2.75) is 13.3 Å². The van der Waals surface area contributed by atoms with Crippen LogP contribution in [0.15, 0.2) is 54.1 Å². The van der Waals surface area contributed by atoms with E-state index in [1.165, 1.54) is 0 Å². The van der Waals surface area contributed by atoms with E-state index >= 15 is 0 Å². The molecule has 1 N–H and O–H groups in total. The average molecular weight is 320 g/mol. The van der Waals surface area contributed by atoms with Crippen molar-refractivity contribution in [2.24, 2.45) is 0 Å². The maximum atomic E-state index is 12.2. The molecule has 2 aromatic carbocycles. The zero-order valence-electron chi connectivity index (χ0n) is 13.9. The van der Waals surface area contributed by atoms with E-state index < -0.39 is 0 Å². The lowest BCUT2D eigenvalue weighted by Gasteiger charge is -2.07. The summed E-state index contributed by atoms with van der Waals surface area (Å²) in [6.45, 7) is 2.42. The SMILES string of the molecule is COc1cc(/C=C(\C#N)C(=O)NCCc2ccccc2)ccc1C. The van der Waals surface area contributed by atoms with E-state index in [2.05, 4.69) is 5.32 Å². The fourth-order valence-corrected chi connectivity index (χ4v) is 2.30. The minimum absolute atomic E-state index is 0.0777. The highest BCUT2D eigenvalue weighted by atomic mass is 16.5. The van der Waals surface area contributed by atoms with Crippen LogP contribution in [0.3, 0.4) is 0 Å². The molecular weight excluding hydrogens is 300 g/mol. The van der Waals surface area contributed by atoms with Crippen LogP contribution in [-0.2, 0) is 11.2 Å². The third-order valence-electron chi connectivity index (χ3n) is 3.65. The highest BCUT2D eigenvalue weighted by molar-refractivity contribution is 6.01. The van der Waals surface area contributed by atoms with Gasteiger partial charge in [0.15, 0.2) is 0 Å². The number of ether oxygens (including phenoxy) is 1. The lowest BCUT2D eigenvalue weighted by atomic mass is 10.1. The van der Waals surface area contributed by atoms with Crippen LogP contribution in [0.5, 0.6) is 5.75 Å². The summed E-state index contributed by atoms with van der Waals surface area (Å²) < 4.78 is 5.26. The molecule has 0 saturated heterocycles. The average Bonchev–Trinajstić information content (AvgIpc) is 2.61. The Balaban J connectivity index is 2.02. The molecule has 0 spiro atoms. The lowest BCUT2D eigenvalue weighted by Crippen LogP contribution is -2.26. The third kappa shape index (κ3) is 4.72. The molecule has 0 saturated carbocycles. The van der Waals surface area contributed by atoms with E-state index in [9.17, 15) is 10.1 Å². The lowest BCUT2D eigenvalue weighted by molar-refractivity contribution is -0.117. The molecule has 0 aliphatic carbocycles. The molecule has 4 heteroatoms. The number of hydrogen-bond acceptors (Lipinski definition) is 3. The quantitative estimate of drug-likeness (QED) is 0.656. The van der Waals surface area contributed by atoms with Crippen LogP contribution in [0.1, 0.15) is 16.7 Å². The highest BCUT2D eigenvalue weighted by Gasteiger charge is 2.09. The van der Waals surface area contributed by atoms with E-state index in [4.69, 9.17) is 4.74 Å². The second kappa shape index (κ2) is 8.54. The summed E-state index contributed by atoms with van der Waals surface area (Å²) >= 11 is 0. The van der Waals surface area contributed by atoms with Crippen molar-refractivity contribution in [2.75, 3.05) is 13.7 Å². The topological polar surface area (TPSA) is 62.1 Å². The van der Waals surface area contributed by atoms with Crippen molar-refractivity contribution < 1.29 is 9.53 Å². The molecule has 122 valence electrons. The molecule has 1 amide bonds. The summed E-state index contributed by atoms with van der Waals surface area (Å²) in [7, 11) is 1.59. The van der Waals surface area contributed by atoms with Crippen LogP contribution < -0.4 is 10.1 Å². The van der Waals surface area contributed by atoms with Gasteiger partial charge in [0.25, 0.3) is 5.91 Å². The summed E-state index contributed by atoms with van der Waals surface area (Å²) in [4.78, 5) is 12.2. The Morgan fingerprint density at radius 3 is 2.67 bits per heavy atom. The first-order chi connectivity index (χ1) is 11.6. The number of benzene rings is 2. The molecule has 0 aliphatic heterocycles. The zero-order chi connectivity index (χ0) is 17.4. The highest BCUT2D eigenvalue weighted by Crippen LogP contribution is 2.20. The molecule has 0 fully saturated rings. The van der Waals surface area contributed by atoms with Crippen LogP contribution >= 0.6 is 0 Å². The van der Waals surface area contributed by atoms with Crippen LogP contribution in [0.4, 0.5) is 0 Å². The first kappa shape index (κ1) is 17.3. The number of carbonyl (C=O) groups excluding carboxylic acids is 1. The Labute approximate surface area is 142 Å². The van der Waals surface area contributed by atoms with E-state index in [1.54, 1.807) is 13.2 Å². The van der Waals surface area contributed by atoms with E-state index in [0.717, 1.165) is 28.9 Å². The van der Waals surface area contributed by atoms with Gasteiger partial charge in [-0.2, -0.15) is 5.26 Å². The van der Waals surface area contributed by atoms with E-state index in [1.807, 2.05) is 61.5 Å². The molecule has 0 heterocycles. The summed E-state index contributed by atoms with van der Waals surface area (Å²) in [5.74, 6) is 0.360. The van der Waals surface area contributed by atoms with Crippen LogP contribution in [-0.4, -0.2) is 19.6 Å². The molecule has 24 heavy (non-hydrogen) atoms. The summed E-state index contributed by atoms with van der Waals surface area (Å²) in [6, 6.07) is 17.4. The van der Waals surface area contributed by atoms with Gasteiger partial charge in [0.2, 0.25) is 0 Å². The first-order valence-electron chi connectivity index (χ1n) is 7.72. The second-order valence-electron chi connectivity index (χ2n) is 5.39. The van der Waals surface area contributed by atoms with Gasteiger partial charge in [-0.25, -0.2) is 0 Å². The molecule has 2 aromatic rings. The number of nitriles is 1. The van der Waals surface area contributed by atoms with Gasteiger partial charge in [0, 0.05) is 6.54 Å². The van der Waals surface area contributed by atoms with Gasteiger partial charge in [-0.05, 0) is 42.2 Å². The second-order valence-corrected chi connectivity index (χ2v) is 5.39. The number of methoxy groups -OCH3 is 1. The van der Waals surface area contributed by atoms with Crippen LogP contribution in [0.25, 0.3) is 6.08 Å². The monoisotopic (exact) mass is 320 g/mol. The van der Waals surface area contributed by atoms with Crippen molar-refractivity contribution in [3.63, 3.8) is 0 Å². The predicted octanol–water partition coefficient (Wildman–Crippen LogP) is 3.27. The van der Waals surface area contributed by atoms with Crippen molar-refractivity contribution >= 4 is 12.0 Å². The van der Waals surface area contributed by atoms with Gasteiger partial charge in [-0.3, -0.25) is 4.79 Å². The van der Waals surface area contributed by atoms with Gasteiger partial charge in [-0.15, -0.1) is 0 Å². The fourth-order valence-electron chi connectivity index (χ4n) is 2.30. The van der Waals surface area contributed by atoms with Crippen molar-refractivity contribution in [1.82, 2.24) is 5.32 Å². The normalized spacial score (nSPS) is 10.8. The third-order valence-corrected chi connectivity index (χ3v) is 3.65. The smallest absolute Gasteiger partial charge is 0.261 e. The van der Waals surface area contributed by atoms with Gasteiger partial charge in [-0.1, -0.05) is 42.5 Å². The summed E-state index contributed by atoms with van der Waals surface area (Å²) in [6.07, 6.45) is 2.30. The molecule has 0 aliphatic rings. The van der Waals surface area contributed by atoms with Crippen LogP contribution in [0.2, 0.25) is 0 Å². The molecule has 0 bridgehead atoms. The number of hydrogen-bond donors (Lipinski definition) is 1. The first-order valence-corrected chi connectivity index (χ1v) is 7.72. The van der Waals surface area contributed by atoms with Gasteiger partial charge < -0.3 is 10.1 Å². The largest absolute Gasteiger partial charge is 0.496 e. The fraction of sp³-hybridized carbons (Fsp3) is 0.200. The maximum Gasteiger partial charge on any atom is 0.261 e. The molecule has 4 nitrogen and oxygen atoms in total. The Bertz CT molecular complexity index is 774. The van der Waals surface area contributed by atoms with Crippen molar-refractivity contribution in [3.05, 3.63) is 70.8 Å². The van der Waals surface area contributed by atoms with Gasteiger partial charge >= 0.3 is 0 Å². The van der Waals surface area contributed by atoms with Gasteiger partial charge in [0.1, 0.15) is 17.4 Å². The molecule has 0 unspecified atom stereocenters. The molecule has 0 aromatic heterocycles. The Hall–Kier alpha value is -3.06. The number of amides is 1. The molecular formula is C20H20N2O2. The summed E-state index contributed by atoms with van der Waals surface area (Å²) in [5, 5.41) is 12.0. The number of nitrogens with zero attached hydrogens (tertiary/aromatic N) is 1. The Morgan fingerprint density at radius 1 is 1.25 bits per heavy atom. The molecule has 2 rings (SSSR count). The standard InChI is InChI=1S/C20H20N2O2/c1-15-8-9-17(13-19(15)24-2)12-18(14-21)20(23)22-11-10-16-6-4-3-5-7-16/h3-9,12-13H,10-11H2,1-2H3,(H,22,23)/b18-12+. The predicted molar refractivity (Wildman–Crippen MR) is 94.5 cm³/mol. The number of carbonyl (C=O) groups is 1. The minimum Gasteiger partial charge on any atom is -0.496 e. The van der Waals surface area contributed by atoms with Crippen LogP contribution in [0, 0.1) is 18.3 Å². The Kier molecular flexibility index (Phi) is 6.16. The van der Waals surface area contributed by atoms with E-state index in [0.29, 0.717) is 6.54 Å². The van der Waals surface area contributed by atoms with E-state index in [-0.39, 0.29) is 11.5 Å². The van der Waals surface area contributed by atoms with Gasteiger partial charge in [0.05, 0.1) is 7.11 Å². The zero-order valence-corrected chi connectivity index (χ0v) is 13.9. The Morgan fingerprint density at radius 2 is 2.00 bits per heavy atom. The van der Waals surface area contributed by atoms with Crippen molar-refractivity contribution in [1.29, 1.82) is 5.26 Å². The number of rotatable bonds is 6. The maximum absolute atomic E-state index is 12.2. The molecule has 0 radical (unpaired) electrons. The number of nitrogens with one attached hydrogen (secondary N) is 1. The van der Waals surface area contributed by atoms with Crippen molar-refractivity contribution in [3.8, 4) is 11.8 Å².